The van der Waals surface area contributed by atoms with Crippen LogP contribution >= 0.6 is 12.2 Å². The number of benzene rings is 1. The molecule has 1 fully saturated rings. The molecule has 3 rings (SSSR count). The van der Waals surface area contributed by atoms with Crippen molar-refractivity contribution in [3.05, 3.63) is 22.2 Å². The monoisotopic (exact) mass is 307 g/mol. The van der Waals surface area contributed by atoms with Gasteiger partial charge in [0.1, 0.15) is 0 Å². The molecule has 1 aromatic carbocycles. The Morgan fingerprint density at radius 2 is 2.05 bits per heavy atom. The number of amides is 3. The maximum Gasteiger partial charge on any atom is 0.333 e. The van der Waals surface area contributed by atoms with E-state index in [-0.39, 0.29) is 33.8 Å². The third kappa shape index (κ3) is 1.99. The number of hydrogen-bond acceptors (Lipinski definition) is 8. The number of carbonyl (C=O) groups is 2. The standard InChI is InChI=1S/C10H5N5O5S/c16-7-3-6(21)11-10(17)14(7)4-1-2-5(15(18)19)9-8(4)12-20-13-9/h1-2H,3H2,(H,11,17,21). The highest BCUT2D eigenvalue weighted by Gasteiger charge is 2.33. The summed E-state index contributed by atoms with van der Waals surface area (Å²) >= 11 is 4.78. The molecule has 0 bridgehead atoms. The van der Waals surface area contributed by atoms with Crippen molar-refractivity contribution in [3.8, 4) is 0 Å². The van der Waals surface area contributed by atoms with Crippen molar-refractivity contribution in [2.45, 2.75) is 6.42 Å². The van der Waals surface area contributed by atoms with Crippen molar-refractivity contribution in [3.63, 3.8) is 0 Å². The molecule has 0 radical (unpaired) electrons. The van der Waals surface area contributed by atoms with Crippen LogP contribution in [0, 0.1) is 10.1 Å². The fourth-order valence-corrected chi connectivity index (χ4v) is 2.17. The number of imide groups is 1. The van der Waals surface area contributed by atoms with Crippen LogP contribution in [0.1, 0.15) is 6.42 Å². The van der Waals surface area contributed by atoms with Crippen LogP contribution < -0.4 is 10.2 Å². The predicted octanol–water partition coefficient (Wildman–Crippen LogP) is 0.905. The highest BCUT2D eigenvalue weighted by Crippen LogP contribution is 2.32. The van der Waals surface area contributed by atoms with Gasteiger partial charge in [0.2, 0.25) is 11.4 Å². The van der Waals surface area contributed by atoms with Crippen LogP contribution in [0.15, 0.2) is 16.8 Å². The van der Waals surface area contributed by atoms with Gasteiger partial charge in [0, 0.05) is 6.07 Å². The number of anilines is 1. The van der Waals surface area contributed by atoms with E-state index >= 15 is 0 Å². The van der Waals surface area contributed by atoms with Crippen molar-refractivity contribution < 1.29 is 19.1 Å². The van der Waals surface area contributed by atoms with Crippen molar-refractivity contribution in [2.75, 3.05) is 4.90 Å². The number of nitro benzene ring substituents is 1. The number of urea groups is 1. The van der Waals surface area contributed by atoms with Crippen molar-refractivity contribution in [1.82, 2.24) is 15.6 Å². The van der Waals surface area contributed by atoms with E-state index in [0.717, 1.165) is 11.0 Å². The summed E-state index contributed by atoms with van der Waals surface area (Å²) in [6.45, 7) is 0. The van der Waals surface area contributed by atoms with Gasteiger partial charge >= 0.3 is 11.7 Å². The summed E-state index contributed by atoms with van der Waals surface area (Å²) in [4.78, 5) is 35.0. The molecule has 21 heavy (non-hydrogen) atoms. The number of nitro groups is 1. The third-order valence-corrected chi connectivity index (χ3v) is 3.07. The lowest BCUT2D eigenvalue weighted by Gasteiger charge is -2.25. The maximum absolute atomic E-state index is 12.0. The SMILES string of the molecule is O=C1CC(=S)NC(=O)N1c1ccc([N+](=O)[O-])c2nonc12. The van der Waals surface area contributed by atoms with Crippen LogP contribution in [0.4, 0.5) is 16.2 Å². The Labute approximate surface area is 120 Å². The van der Waals surface area contributed by atoms with E-state index in [1.807, 2.05) is 0 Å². The molecule has 0 unspecified atom stereocenters. The molecular formula is C10H5N5O5S. The highest BCUT2D eigenvalue weighted by atomic mass is 32.1. The quantitative estimate of drug-likeness (QED) is 0.492. The molecule has 1 saturated heterocycles. The van der Waals surface area contributed by atoms with Crippen LogP contribution in [-0.4, -0.2) is 32.2 Å². The molecule has 3 amide bonds. The molecule has 1 aromatic heterocycles. The van der Waals surface area contributed by atoms with Gasteiger partial charge in [-0.15, -0.1) is 0 Å². The molecular weight excluding hydrogens is 302 g/mol. The van der Waals surface area contributed by atoms with Crippen LogP contribution in [0.5, 0.6) is 0 Å². The van der Waals surface area contributed by atoms with Gasteiger partial charge in [0.25, 0.3) is 0 Å². The first-order chi connectivity index (χ1) is 9.99. The molecule has 0 aliphatic carbocycles. The zero-order valence-electron chi connectivity index (χ0n) is 10.1. The number of nitrogens with zero attached hydrogens (tertiary/aromatic N) is 4. The number of carbonyl (C=O) groups excluding carboxylic acids is 2. The lowest BCUT2D eigenvalue weighted by Crippen LogP contribution is -2.52. The van der Waals surface area contributed by atoms with Gasteiger partial charge in [0.05, 0.1) is 22.0 Å². The first-order valence-corrected chi connectivity index (χ1v) is 5.96. The Morgan fingerprint density at radius 1 is 1.33 bits per heavy atom. The minimum atomic E-state index is -0.755. The van der Waals surface area contributed by atoms with E-state index in [2.05, 4.69) is 20.3 Å². The van der Waals surface area contributed by atoms with E-state index in [9.17, 15) is 19.7 Å². The lowest BCUT2D eigenvalue weighted by atomic mass is 10.2. The van der Waals surface area contributed by atoms with E-state index < -0.39 is 16.9 Å². The summed E-state index contributed by atoms with van der Waals surface area (Å²) in [6, 6.07) is 1.60. The molecule has 0 saturated carbocycles. The number of fused-ring (bicyclic) bond motifs is 1. The third-order valence-electron chi connectivity index (χ3n) is 2.82. The Morgan fingerprint density at radius 3 is 2.71 bits per heavy atom. The van der Waals surface area contributed by atoms with Gasteiger partial charge in [-0.25, -0.2) is 14.3 Å². The van der Waals surface area contributed by atoms with Crippen molar-refractivity contribution in [1.29, 1.82) is 0 Å². The van der Waals surface area contributed by atoms with Crippen LogP contribution in [0.3, 0.4) is 0 Å². The lowest BCUT2D eigenvalue weighted by molar-refractivity contribution is -0.383. The number of aromatic nitrogens is 2. The molecule has 1 N–H and O–H groups in total. The van der Waals surface area contributed by atoms with E-state index in [1.54, 1.807) is 0 Å². The fourth-order valence-electron chi connectivity index (χ4n) is 1.96. The fraction of sp³-hybridized carbons (Fsp3) is 0.100. The summed E-state index contributed by atoms with van der Waals surface area (Å²) in [5.41, 5.74) is -0.496. The molecule has 2 aromatic rings. The Balaban J connectivity index is 2.18. The summed E-state index contributed by atoms with van der Waals surface area (Å²) in [6.07, 6.45) is -0.148. The second kappa shape index (κ2) is 4.56. The minimum absolute atomic E-state index is 0.0434. The minimum Gasteiger partial charge on any atom is -0.301 e. The van der Waals surface area contributed by atoms with Gasteiger partial charge < -0.3 is 5.32 Å². The highest BCUT2D eigenvalue weighted by molar-refractivity contribution is 7.80. The summed E-state index contributed by atoms with van der Waals surface area (Å²) in [7, 11) is 0. The summed E-state index contributed by atoms with van der Waals surface area (Å²) in [5, 5.41) is 20.2. The number of thiocarbonyl (C=S) groups is 1. The number of nitrogens with one attached hydrogen (secondary N) is 1. The van der Waals surface area contributed by atoms with E-state index in [4.69, 9.17) is 12.2 Å². The number of rotatable bonds is 2. The Kier molecular flexibility index (Phi) is 2.83. The normalized spacial score (nSPS) is 15.4. The van der Waals surface area contributed by atoms with E-state index in [1.165, 1.54) is 6.07 Å². The molecule has 2 heterocycles. The van der Waals surface area contributed by atoms with Gasteiger partial charge in [-0.2, -0.15) is 0 Å². The average molecular weight is 307 g/mol. The smallest absolute Gasteiger partial charge is 0.301 e. The number of hydrogen-bond donors (Lipinski definition) is 1. The zero-order chi connectivity index (χ0) is 15.1. The van der Waals surface area contributed by atoms with Gasteiger partial charge in [-0.3, -0.25) is 14.9 Å². The Hall–Kier alpha value is -2.95. The van der Waals surface area contributed by atoms with Crippen LogP contribution in [-0.2, 0) is 4.79 Å². The van der Waals surface area contributed by atoms with Gasteiger partial charge in [0.15, 0.2) is 5.52 Å². The summed E-state index contributed by atoms with van der Waals surface area (Å²) in [5.74, 6) is -0.568. The van der Waals surface area contributed by atoms with Gasteiger partial charge in [-0.05, 0) is 16.4 Å². The molecule has 1 aliphatic rings. The largest absolute Gasteiger partial charge is 0.333 e. The predicted molar refractivity (Wildman–Crippen MR) is 71.7 cm³/mol. The first kappa shape index (κ1) is 13.1. The molecule has 1 aliphatic heterocycles. The average Bonchev–Trinajstić information content (AvgIpc) is 2.86. The summed E-state index contributed by atoms with van der Waals surface area (Å²) < 4.78 is 4.48. The van der Waals surface area contributed by atoms with Crippen LogP contribution in [0.25, 0.3) is 11.0 Å². The molecule has 10 nitrogen and oxygen atoms in total. The maximum atomic E-state index is 12.0. The van der Waals surface area contributed by atoms with E-state index in [0.29, 0.717) is 0 Å². The molecule has 0 atom stereocenters. The number of non-ortho nitro benzene ring substituents is 1. The van der Waals surface area contributed by atoms with Crippen molar-refractivity contribution >= 4 is 51.6 Å². The van der Waals surface area contributed by atoms with Crippen molar-refractivity contribution in [2.24, 2.45) is 0 Å². The zero-order valence-corrected chi connectivity index (χ0v) is 10.9. The topological polar surface area (TPSA) is 131 Å². The molecule has 0 spiro atoms. The molecule has 11 heteroatoms. The van der Waals surface area contributed by atoms with Crippen LogP contribution in [0.2, 0.25) is 0 Å². The second-order valence-corrected chi connectivity index (χ2v) is 4.57. The molecule has 106 valence electrons. The first-order valence-electron chi connectivity index (χ1n) is 5.55. The Bertz CT molecular complexity index is 795. The second-order valence-electron chi connectivity index (χ2n) is 4.08. The van der Waals surface area contributed by atoms with Gasteiger partial charge in [-0.1, -0.05) is 12.2 Å².